The first-order valence-electron chi connectivity index (χ1n) is 4.58. The number of likely N-dealkylation sites (N-methyl/N-ethyl adjacent to an activating group) is 1. The highest BCUT2D eigenvalue weighted by Gasteiger charge is 2.47. The summed E-state index contributed by atoms with van der Waals surface area (Å²) in [7, 11) is 1.76. The smallest absolute Gasteiger partial charge is 0.328 e. The van der Waals surface area contributed by atoms with E-state index in [-0.39, 0.29) is 12.1 Å². The van der Waals surface area contributed by atoms with Crippen LogP contribution in [0.4, 0.5) is 0 Å². The minimum atomic E-state index is -0.616. The van der Waals surface area contributed by atoms with Gasteiger partial charge >= 0.3 is 5.97 Å². The van der Waals surface area contributed by atoms with Crippen LogP contribution in [-0.2, 0) is 14.4 Å². The normalized spacial score (nSPS) is 34.9. The van der Waals surface area contributed by atoms with Gasteiger partial charge in [0.05, 0.1) is 12.7 Å². The second-order valence-electron chi connectivity index (χ2n) is 3.61. The summed E-state index contributed by atoms with van der Waals surface area (Å²) in [6.07, 6.45) is 0.766. The Labute approximate surface area is 78.8 Å². The number of hydrogen-bond acceptors (Lipinski definition) is 4. The first kappa shape index (κ1) is 10.5. The van der Waals surface area contributed by atoms with Crippen LogP contribution in [0.5, 0.6) is 0 Å². The van der Waals surface area contributed by atoms with Crippen molar-refractivity contribution in [1.29, 1.82) is 0 Å². The van der Waals surface area contributed by atoms with E-state index in [0.29, 0.717) is 13.0 Å². The van der Waals surface area contributed by atoms with Crippen molar-refractivity contribution in [3.05, 3.63) is 0 Å². The van der Waals surface area contributed by atoms with E-state index in [9.17, 15) is 4.79 Å². The highest BCUT2D eigenvalue weighted by molar-refractivity contribution is 5.80. The molecular weight excluding hydrogens is 170 g/mol. The standard InChI is InChI=1S/C9H17NO3/c1-5-12-8(11)9(3)6-7(2)13-10(9)4/h7H,5-6H2,1-4H3. The van der Waals surface area contributed by atoms with E-state index in [1.807, 2.05) is 13.8 Å². The minimum Gasteiger partial charge on any atom is -0.465 e. The van der Waals surface area contributed by atoms with Gasteiger partial charge in [-0.1, -0.05) is 0 Å². The van der Waals surface area contributed by atoms with Crippen molar-refractivity contribution < 1.29 is 14.4 Å². The summed E-state index contributed by atoms with van der Waals surface area (Å²) in [5.41, 5.74) is -0.616. The van der Waals surface area contributed by atoms with Crippen molar-refractivity contribution in [2.45, 2.75) is 38.8 Å². The number of nitrogens with zero attached hydrogens (tertiary/aromatic N) is 1. The Morgan fingerprint density at radius 3 is 2.77 bits per heavy atom. The van der Waals surface area contributed by atoms with E-state index in [1.165, 1.54) is 0 Å². The molecule has 0 aromatic rings. The summed E-state index contributed by atoms with van der Waals surface area (Å²) in [6.45, 7) is 6.01. The highest BCUT2D eigenvalue weighted by Crippen LogP contribution is 2.30. The summed E-state index contributed by atoms with van der Waals surface area (Å²) in [5.74, 6) is -0.207. The molecule has 0 aromatic heterocycles. The van der Waals surface area contributed by atoms with Crippen molar-refractivity contribution in [3.8, 4) is 0 Å². The van der Waals surface area contributed by atoms with Crippen LogP contribution < -0.4 is 0 Å². The maximum Gasteiger partial charge on any atom is 0.328 e. The lowest BCUT2D eigenvalue weighted by Crippen LogP contribution is -2.46. The molecule has 0 amide bonds. The zero-order chi connectivity index (χ0) is 10.1. The van der Waals surface area contributed by atoms with Gasteiger partial charge in [0.15, 0.2) is 0 Å². The van der Waals surface area contributed by atoms with Crippen LogP contribution in [-0.4, -0.2) is 36.3 Å². The number of hydrogen-bond donors (Lipinski definition) is 0. The fourth-order valence-corrected chi connectivity index (χ4v) is 1.61. The molecular formula is C9H17NO3. The quantitative estimate of drug-likeness (QED) is 0.604. The number of hydroxylamine groups is 2. The van der Waals surface area contributed by atoms with E-state index in [4.69, 9.17) is 9.57 Å². The lowest BCUT2D eigenvalue weighted by molar-refractivity contribution is -0.187. The molecule has 76 valence electrons. The third-order valence-corrected chi connectivity index (χ3v) is 2.43. The van der Waals surface area contributed by atoms with Crippen LogP contribution in [0, 0.1) is 0 Å². The van der Waals surface area contributed by atoms with E-state index >= 15 is 0 Å². The molecule has 4 heteroatoms. The Kier molecular flexibility index (Phi) is 2.93. The van der Waals surface area contributed by atoms with Gasteiger partial charge < -0.3 is 4.74 Å². The molecule has 0 bridgehead atoms. The predicted molar refractivity (Wildman–Crippen MR) is 48.0 cm³/mol. The molecule has 0 aliphatic carbocycles. The van der Waals surface area contributed by atoms with E-state index in [1.54, 1.807) is 19.0 Å². The summed E-state index contributed by atoms with van der Waals surface area (Å²) < 4.78 is 4.99. The van der Waals surface area contributed by atoms with Gasteiger partial charge in [0.25, 0.3) is 0 Å². The molecule has 2 unspecified atom stereocenters. The Morgan fingerprint density at radius 1 is 1.77 bits per heavy atom. The zero-order valence-corrected chi connectivity index (χ0v) is 8.66. The van der Waals surface area contributed by atoms with Crippen LogP contribution in [0.3, 0.4) is 0 Å². The summed E-state index contributed by atoms with van der Waals surface area (Å²) in [5, 5.41) is 1.59. The van der Waals surface area contributed by atoms with Gasteiger partial charge in [0.2, 0.25) is 0 Å². The summed E-state index contributed by atoms with van der Waals surface area (Å²) in [6, 6.07) is 0. The topological polar surface area (TPSA) is 38.8 Å². The number of ether oxygens (including phenoxy) is 1. The average molecular weight is 187 g/mol. The molecule has 0 N–H and O–H groups in total. The Hall–Kier alpha value is -0.610. The molecule has 1 heterocycles. The first-order chi connectivity index (χ1) is 6.00. The fourth-order valence-electron chi connectivity index (χ4n) is 1.61. The second kappa shape index (κ2) is 3.64. The van der Waals surface area contributed by atoms with Crippen molar-refractivity contribution in [2.75, 3.05) is 13.7 Å². The Bertz CT molecular complexity index is 207. The van der Waals surface area contributed by atoms with Crippen LogP contribution in [0.15, 0.2) is 0 Å². The fraction of sp³-hybridized carbons (Fsp3) is 0.889. The largest absolute Gasteiger partial charge is 0.465 e. The lowest BCUT2D eigenvalue weighted by Gasteiger charge is -2.26. The molecule has 4 nitrogen and oxygen atoms in total. The van der Waals surface area contributed by atoms with Crippen LogP contribution in [0.2, 0.25) is 0 Å². The molecule has 13 heavy (non-hydrogen) atoms. The number of carbonyl (C=O) groups is 1. The van der Waals surface area contributed by atoms with Crippen molar-refractivity contribution in [2.24, 2.45) is 0 Å². The molecule has 1 fully saturated rings. The highest BCUT2D eigenvalue weighted by atomic mass is 16.7. The zero-order valence-electron chi connectivity index (χ0n) is 8.66. The van der Waals surface area contributed by atoms with Crippen molar-refractivity contribution >= 4 is 5.97 Å². The number of rotatable bonds is 2. The van der Waals surface area contributed by atoms with Crippen LogP contribution in [0.25, 0.3) is 0 Å². The van der Waals surface area contributed by atoms with Crippen LogP contribution >= 0.6 is 0 Å². The van der Waals surface area contributed by atoms with Gasteiger partial charge in [-0.2, -0.15) is 5.06 Å². The number of carbonyl (C=O) groups excluding carboxylic acids is 1. The maximum absolute atomic E-state index is 11.6. The second-order valence-corrected chi connectivity index (χ2v) is 3.61. The van der Waals surface area contributed by atoms with Crippen molar-refractivity contribution in [3.63, 3.8) is 0 Å². The minimum absolute atomic E-state index is 0.0828. The molecule has 1 rings (SSSR count). The third kappa shape index (κ3) is 1.84. The molecule has 0 spiro atoms. The van der Waals surface area contributed by atoms with E-state index in [0.717, 1.165) is 0 Å². The van der Waals surface area contributed by atoms with Crippen molar-refractivity contribution in [1.82, 2.24) is 5.06 Å². The number of esters is 1. The van der Waals surface area contributed by atoms with Gasteiger partial charge in [0.1, 0.15) is 5.54 Å². The first-order valence-corrected chi connectivity index (χ1v) is 4.58. The monoisotopic (exact) mass is 187 g/mol. The van der Waals surface area contributed by atoms with Gasteiger partial charge in [-0.15, -0.1) is 0 Å². The van der Waals surface area contributed by atoms with E-state index < -0.39 is 5.54 Å². The SMILES string of the molecule is CCOC(=O)C1(C)CC(C)ON1C. The summed E-state index contributed by atoms with van der Waals surface area (Å²) in [4.78, 5) is 17.0. The van der Waals surface area contributed by atoms with Gasteiger partial charge in [0, 0.05) is 13.5 Å². The van der Waals surface area contributed by atoms with Crippen LogP contribution in [0.1, 0.15) is 27.2 Å². The maximum atomic E-state index is 11.6. The lowest BCUT2D eigenvalue weighted by atomic mass is 9.96. The third-order valence-electron chi connectivity index (χ3n) is 2.43. The molecule has 1 aliphatic rings. The Balaban J connectivity index is 2.69. The Morgan fingerprint density at radius 2 is 2.38 bits per heavy atom. The average Bonchev–Trinajstić information content (AvgIpc) is 2.28. The van der Waals surface area contributed by atoms with Gasteiger partial charge in [-0.25, -0.2) is 4.79 Å². The molecule has 1 aliphatic heterocycles. The molecule has 0 aromatic carbocycles. The molecule has 0 saturated carbocycles. The summed E-state index contributed by atoms with van der Waals surface area (Å²) >= 11 is 0. The molecule has 0 radical (unpaired) electrons. The predicted octanol–water partition coefficient (Wildman–Crippen LogP) is 0.964. The van der Waals surface area contributed by atoms with Gasteiger partial charge in [-0.05, 0) is 20.8 Å². The molecule has 1 saturated heterocycles. The molecule has 2 atom stereocenters. The van der Waals surface area contributed by atoms with Gasteiger partial charge in [-0.3, -0.25) is 4.84 Å². The van der Waals surface area contributed by atoms with E-state index in [2.05, 4.69) is 0 Å².